The second-order valence-electron chi connectivity index (χ2n) is 6.83. The number of carbonyl (C=O) groups excluding carboxylic acids is 1. The first-order valence-electron chi connectivity index (χ1n) is 8.92. The lowest BCUT2D eigenvalue weighted by Crippen LogP contribution is -2.34. The van der Waals surface area contributed by atoms with Crippen LogP contribution < -0.4 is 9.64 Å². The third-order valence-corrected chi connectivity index (χ3v) is 5.89. The summed E-state index contributed by atoms with van der Waals surface area (Å²) in [4.78, 5) is 21.8. The van der Waals surface area contributed by atoms with Gasteiger partial charge in [-0.05, 0) is 52.2 Å². The number of methoxy groups -OCH3 is 1. The van der Waals surface area contributed by atoms with E-state index in [9.17, 15) is 4.79 Å². The number of nitrogens with zero attached hydrogens (tertiary/aromatic N) is 5. The van der Waals surface area contributed by atoms with Crippen LogP contribution in [0.25, 0.3) is 10.2 Å². The Morgan fingerprint density at radius 3 is 2.68 bits per heavy atom. The summed E-state index contributed by atoms with van der Waals surface area (Å²) in [5, 5.41) is 5.50. The largest absolute Gasteiger partial charge is 0.494 e. The zero-order valence-corrected chi connectivity index (χ0v) is 18.3. The van der Waals surface area contributed by atoms with Crippen molar-refractivity contribution in [2.24, 2.45) is 7.05 Å². The van der Waals surface area contributed by atoms with Crippen LogP contribution in [0.3, 0.4) is 0 Å². The maximum atomic E-state index is 13.3. The van der Waals surface area contributed by atoms with E-state index in [1.54, 1.807) is 41.9 Å². The minimum atomic E-state index is -0.129. The lowest BCUT2D eigenvalue weighted by Gasteiger charge is -2.21. The van der Waals surface area contributed by atoms with E-state index >= 15 is 0 Å². The number of amides is 1. The minimum absolute atomic E-state index is 0.129. The Balaban J connectivity index is 2.03. The number of hydrogen-bond donors (Lipinski definition) is 0. The zero-order chi connectivity index (χ0) is 20.4. The highest BCUT2D eigenvalue weighted by molar-refractivity contribution is 7.23. The number of rotatable bonds is 7. The van der Waals surface area contributed by atoms with Crippen molar-refractivity contribution in [1.82, 2.24) is 19.7 Å². The van der Waals surface area contributed by atoms with E-state index < -0.39 is 0 Å². The number of carbonyl (C=O) groups is 1. The van der Waals surface area contributed by atoms with Crippen LogP contribution in [-0.4, -0.2) is 59.9 Å². The molecule has 1 aromatic carbocycles. The summed E-state index contributed by atoms with van der Waals surface area (Å²) in [7, 11) is 7.40. The second kappa shape index (κ2) is 8.46. The Morgan fingerprint density at radius 1 is 1.32 bits per heavy atom. The number of aromatic nitrogens is 3. The average molecular weight is 422 g/mol. The van der Waals surface area contributed by atoms with Crippen molar-refractivity contribution in [3.05, 3.63) is 34.6 Å². The number of halogens is 1. The quantitative estimate of drug-likeness (QED) is 0.583. The van der Waals surface area contributed by atoms with Gasteiger partial charge >= 0.3 is 0 Å². The molecule has 0 saturated heterocycles. The zero-order valence-electron chi connectivity index (χ0n) is 16.7. The van der Waals surface area contributed by atoms with E-state index in [0.29, 0.717) is 33.7 Å². The number of ether oxygens (including phenoxy) is 1. The van der Waals surface area contributed by atoms with Gasteiger partial charge in [-0.2, -0.15) is 5.10 Å². The number of aryl methyl sites for hydroxylation is 2. The fourth-order valence-electron chi connectivity index (χ4n) is 3.00. The molecule has 0 saturated carbocycles. The fourth-order valence-corrected chi connectivity index (χ4v) is 4.28. The maximum Gasteiger partial charge on any atom is 0.278 e. The van der Waals surface area contributed by atoms with E-state index in [2.05, 4.69) is 10.00 Å². The lowest BCUT2D eigenvalue weighted by molar-refractivity contribution is 0.0977. The third-order valence-electron chi connectivity index (χ3n) is 4.35. The van der Waals surface area contributed by atoms with Gasteiger partial charge in [0.25, 0.3) is 5.91 Å². The van der Waals surface area contributed by atoms with Crippen LogP contribution in [0.5, 0.6) is 5.75 Å². The second-order valence-corrected chi connectivity index (χ2v) is 8.22. The fraction of sp³-hybridized carbons (Fsp3) is 0.421. The molecule has 0 fully saturated rings. The highest BCUT2D eigenvalue weighted by Crippen LogP contribution is 2.39. The molecule has 0 spiro atoms. The van der Waals surface area contributed by atoms with Gasteiger partial charge < -0.3 is 9.64 Å². The van der Waals surface area contributed by atoms with Gasteiger partial charge in [0.2, 0.25) is 0 Å². The van der Waals surface area contributed by atoms with Gasteiger partial charge in [-0.15, -0.1) is 0 Å². The Bertz CT molecular complexity index is 998. The Morgan fingerprint density at radius 2 is 2.07 bits per heavy atom. The summed E-state index contributed by atoms with van der Waals surface area (Å²) in [6, 6.07) is 5.37. The van der Waals surface area contributed by atoms with Crippen LogP contribution in [0.15, 0.2) is 18.2 Å². The Kier molecular flexibility index (Phi) is 6.22. The molecule has 0 bridgehead atoms. The topological polar surface area (TPSA) is 63.5 Å². The summed E-state index contributed by atoms with van der Waals surface area (Å²) in [5.74, 6) is 0.509. The highest BCUT2D eigenvalue weighted by Gasteiger charge is 2.25. The van der Waals surface area contributed by atoms with Crippen molar-refractivity contribution < 1.29 is 9.53 Å². The molecule has 0 aliphatic carbocycles. The van der Waals surface area contributed by atoms with Crippen molar-refractivity contribution in [3.63, 3.8) is 0 Å². The lowest BCUT2D eigenvalue weighted by atomic mass is 10.3. The van der Waals surface area contributed by atoms with Crippen molar-refractivity contribution >= 4 is 44.2 Å². The molecule has 0 atom stereocenters. The van der Waals surface area contributed by atoms with Crippen LogP contribution in [0.2, 0.25) is 5.02 Å². The maximum absolute atomic E-state index is 13.3. The van der Waals surface area contributed by atoms with Gasteiger partial charge in [0.1, 0.15) is 17.0 Å². The first kappa shape index (κ1) is 20.6. The summed E-state index contributed by atoms with van der Waals surface area (Å²) in [6.07, 6.45) is 0.816. The van der Waals surface area contributed by atoms with Gasteiger partial charge in [-0.3, -0.25) is 14.4 Å². The SMILES string of the molecule is COc1ccc(Cl)c2sc(N(CCCN(C)C)C(=O)c3cc(C)nn3C)nc12. The molecule has 3 rings (SSSR count). The van der Waals surface area contributed by atoms with Crippen molar-refractivity contribution in [2.45, 2.75) is 13.3 Å². The molecule has 0 radical (unpaired) electrons. The normalized spacial score (nSPS) is 11.4. The summed E-state index contributed by atoms with van der Waals surface area (Å²) in [5.41, 5.74) is 1.99. The van der Waals surface area contributed by atoms with E-state index in [-0.39, 0.29) is 5.91 Å². The molecule has 2 aromatic heterocycles. The molecule has 28 heavy (non-hydrogen) atoms. The smallest absolute Gasteiger partial charge is 0.278 e. The first-order valence-corrected chi connectivity index (χ1v) is 10.1. The van der Waals surface area contributed by atoms with Crippen LogP contribution in [-0.2, 0) is 7.05 Å². The van der Waals surface area contributed by atoms with E-state index in [1.165, 1.54) is 11.3 Å². The molecule has 2 heterocycles. The number of anilines is 1. The molecule has 0 N–H and O–H groups in total. The third kappa shape index (κ3) is 4.14. The van der Waals surface area contributed by atoms with Crippen LogP contribution in [0.1, 0.15) is 22.6 Å². The molecule has 9 heteroatoms. The first-order chi connectivity index (χ1) is 13.3. The Hall–Kier alpha value is -2.16. The molecular weight excluding hydrogens is 398 g/mol. The highest BCUT2D eigenvalue weighted by atomic mass is 35.5. The van der Waals surface area contributed by atoms with Gasteiger partial charge in [-0.1, -0.05) is 22.9 Å². The van der Waals surface area contributed by atoms with E-state index in [1.807, 2.05) is 21.0 Å². The van der Waals surface area contributed by atoms with Crippen molar-refractivity contribution in [3.8, 4) is 5.75 Å². The number of thiazole rings is 1. The predicted octanol–water partition coefficient (Wildman–Crippen LogP) is 3.60. The van der Waals surface area contributed by atoms with Gasteiger partial charge in [0, 0.05) is 13.6 Å². The van der Waals surface area contributed by atoms with E-state index in [0.717, 1.165) is 23.4 Å². The van der Waals surface area contributed by atoms with Gasteiger partial charge in [0.15, 0.2) is 5.13 Å². The predicted molar refractivity (Wildman–Crippen MR) is 114 cm³/mol. The molecule has 0 aliphatic rings. The van der Waals surface area contributed by atoms with Gasteiger partial charge in [0.05, 0.1) is 22.5 Å². The van der Waals surface area contributed by atoms with Crippen LogP contribution in [0.4, 0.5) is 5.13 Å². The molecule has 0 unspecified atom stereocenters. The molecule has 0 aliphatic heterocycles. The minimum Gasteiger partial charge on any atom is -0.494 e. The molecule has 150 valence electrons. The molecule has 7 nitrogen and oxygen atoms in total. The average Bonchev–Trinajstić information content (AvgIpc) is 3.22. The van der Waals surface area contributed by atoms with E-state index in [4.69, 9.17) is 21.3 Å². The Labute approximate surface area is 173 Å². The molecule has 1 amide bonds. The van der Waals surface area contributed by atoms with Crippen molar-refractivity contribution in [1.29, 1.82) is 0 Å². The van der Waals surface area contributed by atoms with Crippen LogP contribution >= 0.6 is 22.9 Å². The summed E-state index contributed by atoms with van der Waals surface area (Å²) >= 11 is 7.76. The number of hydrogen-bond acceptors (Lipinski definition) is 6. The molecular formula is C19H24ClN5O2S. The monoisotopic (exact) mass is 421 g/mol. The molecule has 3 aromatic rings. The van der Waals surface area contributed by atoms with Crippen molar-refractivity contribution in [2.75, 3.05) is 39.2 Å². The summed E-state index contributed by atoms with van der Waals surface area (Å²) < 4.78 is 7.83. The summed E-state index contributed by atoms with van der Waals surface area (Å²) in [6.45, 7) is 3.28. The number of fused-ring (bicyclic) bond motifs is 1. The standard InChI is InChI=1S/C19H24ClN5O2S/c1-12-11-14(24(4)22-12)18(26)25(10-6-9-23(2)3)19-21-16-15(27-5)8-7-13(20)17(16)28-19/h7-8,11H,6,9-10H2,1-5H3. The number of benzene rings is 1. The van der Waals surface area contributed by atoms with Gasteiger partial charge in [-0.25, -0.2) is 4.98 Å². The van der Waals surface area contributed by atoms with Crippen LogP contribution in [0, 0.1) is 6.92 Å².